The highest BCUT2D eigenvalue weighted by Crippen LogP contribution is 2.50. The van der Waals surface area contributed by atoms with E-state index < -0.39 is 0 Å². The fourth-order valence-corrected chi connectivity index (χ4v) is 10.7. The maximum Gasteiger partial charge on any atom is 0.257 e. The summed E-state index contributed by atoms with van der Waals surface area (Å²) in [4.78, 5) is 4.80. The molecule has 0 bridgehead atoms. The Kier molecular flexibility index (Phi) is 8.73. The largest absolute Gasteiger partial charge is 0.459 e. The Labute approximate surface area is 379 Å². The average molecular weight is 833 g/mol. The lowest BCUT2D eigenvalue weighted by molar-refractivity contribution is 0.411. The molecule has 0 fully saturated rings. The van der Waals surface area contributed by atoms with Gasteiger partial charge in [-0.15, -0.1) is 0 Å². The summed E-state index contributed by atoms with van der Waals surface area (Å²) >= 11 is 0. The lowest BCUT2D eigenvalue weighted by Crippen LogP contribution is -2.54. The molecule has 2 aliphatic carbocycles. The Morgan fingerprint density at radius 1 is 0.400 bits per heavy atom. The summed E-state index contributed by atoms with van der Waals surface area (Å²) in [6.45, 7) is -0.115. The highest BCUT2D eigenvalue weighted by Gasteiger charge is 2.48. The van der Waals surface area contributed by atoms with Crippen molar-refractivity contribution >= 4 is 67.6 Å². The standard InChI is InChI=1S/C60H41BN2O2/c1-4-17-40(18-5-1)42-31-34-46(35-32-42)62(44-21-6-2-7-22-44)52-38-56-58(50-27-14-12-25-48(50)52)61-59-51-28-15-13-26-49(51)53(39-57(59)65-55-30-16-29-54(64-56)60(55)61)63(45-23-8-3-9-24-45)47-36-33-41-19-10-11-20-43(41)37-47/h1-39,49,51H. The van der Waals surface area contributed by atoms with Gasteiger partial charge in [0.05, 0.1) is 5.69 Å². The third kappa shape index (κ3) is 6.15. The predicted molar refractivity (Wildman–Crippen MR) is 269 cm³/mol. The Bertz CT molecular complexity index is 3450. The normalized spacial score (nSPS) is 16.4. The van der Waals surface area contributed by atoms with Gasteiger partial charge in [-0.1, -0.05) is 164 Å². The Morgan fingerprint density at radius 2 is 0.985 bits per heavy atom. The second kappa shape index (κ2) is 15.2. The molecule has 0 radical (unpaired) electrons. The Hall–Kier alpha value is -8.28. The van der Waals surface area contributed by atoms with Crippen LogP contribution in [0.5, 0.6) is 17.2 Å². The van der Waals surface area contributed by atoms with E-state index in [0.717, 1.165) is 67.7 Å². The molecule has 9 aromatic carbocycles. The molecule has 5 heteroatoms. The molecule has 0 aromatic heterocycles. The monoisotopic (exact) mass is 832 g/mol. The first kappa shape index (κ1) is 37.3. The average Bonchev–Trinajstić information content (AvgIpc) is 3.37. The number of nitrogens with zero attached hydrogens (tertiary/aromatic N) is 2. The van der Waals surface area contributed by atoms with Crippen molar-refractivity contribution in [2.24, 2.45) is 11.8 Å². The number of hydrogen-bond donors (Lipinski definition) is 0. The third-order valence-electron chi connectivity index (χ3n) is 13.5. The minimum Gasteiger partial charge on any atom is -0.459 e. The molecule has 0 saturated carbocycles. The first-order valence-corrected chi connectivity index (χ1v) is 22.4. The van der Waals surface area contributed by atoms with Crippen molar-refractivity contribution in [2.45, 2.75) is 0 Å². The molecule has 2 unspecified atom stereocenters. The van der Waals surface area contributed by atoms with E-state index >= 15 is 0 Å². The van der Waals surface area contributed by atoms with Gasteiger partial charge < -0.3 is 19.3 Å². The number of anilines is 5. The highest BCUT2D eigenvalue weighted by atomic mass is 16.5. The first-order valence-electron chi connectivity index (χ1n) is 22.4. The van der Waals surface area contributed by atoms with Crippen LogP contribution in [0.4, 0.5) is 28.4 Å². The maximum absolute atomic E-state index is 7.13. The van der Waals surface area contributed by atoms with Crippen LogP contribution < -0.4 is 30.2 Å². The smallest absolute Gasteiger partial charge is 0.257 e. The summed E-state index contributed by atoms with van der Waals surface area (Å²) in [6, 6.07) is 73.6. The van der Waals surface area contributed by atoms with E-state index in [-0.39, 0.29) is 18.5 Å². The predicted octanol–water partition coefficient (Wildman–Crippen LogP) is 14.1. The minimum absolute atomic E-state index is 0.0150. The van der Waals surface area contributed by atoms with E-state index in [2.05, 4.69) is 246 Å². The molecule has 4 nitrogen and oxygen atoms in total. The number of rotatable bonds is 7. The lowest BCUT2D eigenvalue weighted by atomic mass is 9.31. The Morgan fingerprint density at radius 3 is 1.74 bits per heavy atom. The molecular formula is C60H41BN2O2. The highest BCUT2D eigenvalue weighted by molar-refractivity contribution is 6.95. The van der Waals surface area contributed by atoms with E-state index in [9.17, 15) is 0 Å². The van der Waals surface area contributed by atoms with Crippen molar-refractivity contribution in [1.29, 1.82) is 0 Å². The molecular weight excluding hydrogens is 791 g/mol. The van der Waals surface area contributed by atoms with Gasteiger partial charge in [-0.25, -0.2) is 0 Å². The molecule has 0 N–H and O–H groups in total. The summed E-state index contributed by atoms with van der Waals surface area (Å²) in [5, 5.41) is 4.72. The van der Waals surface area contributed by atoms with Crippen LogP contribution in [0.15, 0.2) is 254 Å². The van der Waals surface area contributed by atoms with Gasteiger partial charge in [-0.2, -0.15) is 0 Å². The van der Waals surface area contributed by atoms with Crippen molar-refractivity contribution in [1.82, 2.24) is 0 Å². The van der Waals surface area contributed by atoms with Crippen molar-refractivity contribution in [3.63, 3.8) is 0 Å². The van der Waals surface area contributed by atoms with Crippen LogP contribution in [0.25, 0.3) is 32.7 Å². The van der Waals surface area contributed by atoms with Crippen LogP contribution in [0, 0.1) is 11.8 Å². The number of para-hydroxylation sites is 2. The molecule has 0 amide bonds. The summed E-state index contributed by atoms with van der Waals surface area (Å²) < 4.78 is 14.2. The molecule has 9 aromatic rings. The maximum atomic E-state index is 7.13. The molecule has 0 spiro atoms. The van der Waals surface area contributed by atoms with E-state index in [1.807, 2.05) is 0 Å². The number of ether oxygens (including phenoxy) is 2. The second-order valence-corrected chi connectivity index (χ2v) is 17.2. The molecule has 4 aliphatic rings. The van der Waals surface area contributed by atoms with Gasteiger partial charge in [0, 0.05) is 63.3 Å². The van der Waals surface area contributed by atoms with Gasteiger partial charge in [-0.3, -0.25) is 0 Å². The lowest BCUT2D eigenvalue weighted by Gasteiger charge is -2.44. The zero-order valence-electron chi connectivity index (χ0n) is 35.5. The summed E-state index contributed by atoms with van der Waals surface area (Å²) in [7, 11) is 0. The Balaban J connectivity index is 1.02. The van der Waals surface area contributed by atoms with E-state index in [1.54, 1.807) is 0 Å². The van der Waals surface area contributed by atoms with Crippen molar-refractivity contribution in [2.75, 3.05) is 9.80 Å². The van der Waals surface area contributed by atoms with Gasteiger partial charge in [0.15, 0.2) is 0 Å². The zero-order chi connectivity index (χ0) is 42.8. The van der Waals surface area contributed by atoms with Crippen LogP contribution >= 0.6 is 0 Å². The fourth-order valence-electron chi connectivity index (χ4n) is 10.7. The second-order valence-electron chi connectivity index (χ2n) is 17.2. The number of fused-ring (bicyclic) bond motifs is 8. The van der Waals surface area contributed by atoms with Crippen molar-refractivity contribution in [3.05, 3.63) is 254 Å². The quantitative estimate of drug-likeness (QED) is 0.149. The summed E-state index contributed by atoms with van der Waals surface area (Å²) in [6.07, 6.45) is 11.5. The molecule has 2 aliphatic heterocycles. The molecule has 65 heavy (non-hydrogen) atoms. The topological polar surface area (TPSA) is 24.9 Å². The number of hydrogen-bond acceptors (Lipinski definition) is 4. The summed E-state index contributed by atoms with van der Waals surface area (Å²) in [5.74, 6) is 3.45. The van der Waals surface area contributed by atoms with Crippen LogP contribution in [-0.2, 0) is 0 Å². The van der Waals surface area contributed by atoms with Crippen LogP contribution in [-0.4, -0.2) is 6.71 Å². The van der Waals surface area contributed by atoms with Crippen LogP contribution in [0.3, 0.4) is 0 Å². The third-order valence-corrected chi connectivity index (χ3v) is 13.5. The van der Waals surface area contributed by atoms with Crippen molar-refractivity contribution in [3.8, 4) is 28.4 Å². The number of benzene rings is 9. The fraction of sp³-hybridized carbons (Fsp3) is 0.0333. The molecule has 13 rings (SSSR count). The first-order chi connectivity index (χ1) is 32.2. The molecule has 306 valence electrons. The minimum atomic E-state index is -0.115. The van der Waals surface area contributed by atoms with Crippen molar-refractivity contribution < 1.29 is 9.47 Å². The van der Waals surface area contributed by atoms with Crippen LogP contribution in [0.1, 0.15) is 0 Å². The molecule has 2 heterocycles. The zero-order valence-corrected chi connectivity index (χ0v) is 35.5. The van der Waals surface area contributed by atoms with E-state index in [4.69, 9.17) is 9.47 Å². The van der Waals surface area contributed by atoms with Crippen LogP contribution in [0.2, 0.25) is 0 Å². The van der Waals surface area contributed by atoms with E-state index in [0.29, 0.717) is 0 Å². The van der Waals surface area contributed by atoms with Gasteiger partial charge >= 0.3 is 0 Å². The molecule has 0 saturated heterocycles. The molecule has 2 atom stereocenters. The van der Waals surface area contributed by atoms with E-state index in [1.165, 1.54) is 38.5 Å². The van der Waals surface area contributed by atoms with Gasteiger partial charge in [0.2, 0.25) is 0 Å². The SMILES string of the molecule is C1=CC2C(N(c3ccccc3)c3ccc4ccccc4c3)=CC3=C(B4c5c(cccc5Oc5cc(N(c6ccccc6)c6ccc(-c7ccccc7)cc6)c6ccccc6c54)O3)C2C=C1. The van der Waals surface area contributed by atoms with Gasteiger partial charge in [-0.05, 0) is 98.9 Å². The summed E-state index contributed by atoms with van der Waals surface area (Å²) in [5.41, 5.74) is 12.4. The van der Waals surface area contributed by atoms with Gasteiger partial charge in [0.1, 0.15) is 23.0 Å². The number of allylic oxidation sites excluding steroid dienone is 6. The van der Waals surface area contributed by atoms with Gasteiger partial charge in [0.25, 0.3) is 6.71 Å².